The van der Waals surface area contributed by atoms with E-state index in [-0.39, 0.29) is 24.3 Å². The number of phenolic OH excluding ortho intramolecular Hbond substituents is 1. The Kier molecular flexibility index (Phi) is 5.71. The SMILES string of the molecule is O=C(c1cc(Cc2ccccc2)ccc1O)N1CCCCC1CCO. The van der Waals surface area contributed by atoms with Crippen molar-refractivity contribution >= 4 is 5.91 Å². The fourth-order valence-corrected chi connectivity index (χ4v) is 3.57. The first kappa shape index (κ1) is 17.5. The molecule has 0 aliphatic carbocycles. The van der Waals surface area contributed by atoms with Crippen LogP contribution in [0.1, 0.15) is 47.2 Å². The van der Waals surface area contributed by atoms with Crippen molar-refractivity contribution in [2.24, 2.45) is 0 Å². The van der Waals surface area contributed by atoms with Gasteiger partial charge in [-0.3, -0.25) is 4.79 Å². The summed E-state index contributed by atoms with van der Waals surface area (Å²) in [6, 6.07) is 15.4. The Labute approximate surface area is 148 Å². The van der Waals surface area contributed by atoms with Gasteiger partial charge in [-0.05, 0) is 55.4 Å². The monoisotopic (exact) mass is 339 g/mol. The van der Waals surface area contributed by atoms with E-state index < -0.39 is 0 Å². The van der Waals surface area contributed by atoms with E-state index >= 15 is 0 Å². The molecule has 1 fully saturated rings. The molecule has 4 heteroatoms. The smallest absolute Gasteiger partial charge is 0.257 e. The number of likely N-dealkylation sites (tertiary alicyclic amines) is 1. The quantitative estimate of drug-likeness (QED) is 0.878. The summed E-state index contributed by atoms with van der Waals surface area (Å²) in [6.45, 7) is 0.764. The van der Waals surface area contributed by atoms with E-state index in [0.29, 0.717) is 18.5 Å². The Bertz CT molecular complexity index is 712. The van der Waals surface area contributed by atoms with Gasteiger partial charge in [0.2, 0.25) is 0 Å². The molecule has 1 amide bonds. The number of hydrogen-bond acceptors (Lipinski definition) is 3. The van der Waals surface area contributed by atoms with Crippen LogP contribution in [0.2, 0.25) is 0 Å². The fraction of sp³-hybridized carbons (Fsp3) is 0.381. The van der Waals surface area contributed by atoms with E-state index in [0.717, 1.165) is 31.2 Å². The lowest BCUT2D eigenvalue weighted by Gasteiger charge is -2.35. The van der Waals surface area contributed by atoms with Crippen LogP contribution >= 0.6 is 0 Å². The molecule has 3 rings (SSSR count). The molecule has 1 unspecified atom stereocenters. The minimum absolute atomic E-state index is 0.0233. The highest BCUT2D eigenvalue weighted by Gasteiger charge is 2.28. The third-order valence-electron chi connectivity index (χ3n) is 4.89. The minimum Gasteiger partial charge on any atom is -0.507 e. The molecule has 0 saturated carbocycles. The highest BCUT2D eigenvalue weighted by atomic mass is 16.3. The maximum atomic E-state index is 13.0. The van der Waals surface area contributed by atoms with E-state index in [9.17, 15) is 15.0 Å². The summed E-state index contributed by atoms with van der Waals surface area (Å²) in [5, 5.41) is 19.5. The lowest BCUT2D eigenvalue weighted by atomic mass is 9.97. The molecule has 132 valence electrons. The molecule has 2 N–H and O–H groups in total. The van der Waals surface area contributed by atoms with Crippen LogP contribution in [0.15, 0.2) is 48.5 Å². The van der Waals surface area contributed by atoms with Crippen LogP contribution in [0.4, 0.5) is 0 Å². The van der Waals surface area contributed by atoms with Crippen LogP contribution in [0.25, 0.3) is 0 Å². The predicted molar refractivity (Wildman–Crippen MR) is 97.7 cm³/mol. The second-order valence-electron chi connectivity index (χ2n) is 6.67. The van der Waals surface area contributed by atoms with E-state index in [4.69, 9.17) is 0 Å². The molecule has 0 spiro atoms. The molecule has 4 nitrogen and oxygen atoms in total. The second-order valence-corrected chi connectivity index (χ2v) is 6.67. The average Bonchev–Trinajstić information content (AvgIpc) is 2.64. The Morgan fingerprint density at radius 1 is 1.08 bits per heavy atom. The molecule has 0 radical (unpaired) electrons. The van der Waals surface area contributed by atoms with Gasteiger partial charge in [0.25, 0.3) is 5.91 Å². The number of benzene rings is 2. The van der Waals surface area contributed by atoms with Gasteiger partial charge in [-0.25, -0.2) is 0 Å². The van der Waals surface area contributed by atoms with E-state index in [2.05, 4.69) is 12.1 Å². The zero-order valence-electron chi connectivity index (χ0n) is 14.4. The molecule has 1 saturated heterocycles. The summed E-state index contributed by atoms with van der Waals surface area (Å²) in [5.74, 6) is -0.110. The standard InChI is InChI=1S/C21H25NO3/c23-13-11-18-8-4-5-12-22(18)21(25)19-15-17(9-10-20(19)24)14-16-6-2-1-3-7-16/h1-3,6-7,9-10,15,18,23-24H,4-5,8,11-14H2. The normalized spacial score (nSPS) is 17.5. The van der Waals surface area contributed by atoms with Crippen molar-refractivity contribution in [3.05, 3.63) is 65.2 Å². The number of rotatable bonds is 5. The molecule has 1 aliphatic rings. The van der Waals surface area contributed by atoms with E-state index in [1.54, 1.807) is 12.1 Å². The topological polar surface area (TPSA) is 60.8 Å². The van der Waals surface area contributed by atoms with Gasteiger partial charge in [-0.15, -0.1) is 0 Å². The Balaban J connectivity index is 1.82. The molecule has 1 atom stereocenters. The number of aromatic hydroxyl groups is 1. The maximum absolute atomic E-state index is 13.0. The zero-order valence-corrected chi connectivity index (χ0v) is 14.4. The molecule has 1 aliphatic heterocycles. The van der Waals surface area contributed by atoms with Gasteiger partial charge >= 0.3 is 0 Å². The van der Waals surface area contributed by atoms with Crippen LogP contribution in [-0.2, 0) is 6.42 Å². The van der Waals surface area contributed by atoms with Crippen LogP contribution in [-0.4, -0.2) is 40.2 Å². The van der Waals surface area contributed by atoms with Gasteiger partial charge < -0.3 is 15.1 Å². The van der Waals surface area contributed by atoms with Crippen LogP contribution < -0.4 is 0 Å². The van der Waals surface area contributed by atoms with Gasteiger partial charge in [-0.2, -0.15) is 0 Å². The zero-order chi connectivity index (χ0) is 17.6. The molecular formula is C21H25NO3. The number of amides is 1. The molecule has 2 aromatic carbocycles. The van der Waals surface area contributed by atoms with Crippen LogP contribution in [0.5, 0.6) is 5.75 Å². The lowest BCUT2D eigenvalue weighted by Crippen LogP contribution is -2.44. The van der Waals surface area contributed by atoms with Crippen LogP contribution in [0.3, 0.4) is 0 Å². The fourth-order valence-electron chi connectivity index (χ4n) is 3.57. The van der Waals surface area contributed by atoms with Crippen molar-refractivity contribution in [2.75, 3.05) is 13.2 Å². The van der Waals surface area contributed by atoms with Gasteiger partial charge in [0, 0.05) is 19.2 Å². The summed E-state index contributed by atoms with van der Waals surface area (Å²) in [4.78, 5) is 14.8. The Hall–Kier alpha value is -2.33. The van der Waals surface area contributed by atoms with Crippen molar-refractivity contribution in [1.82, 2.24) is 4.90 Å². The predicted octanol–water partition coefficient (Wildman–Crippen LogP) is 3.36. The first-order valence-electron chi connectivity index (χ1n) is 8.96. The first-order valence-corrected chi connectivity index (χ1v) is 8.96. The molecular weight excluding hydrogens is 314 g/mol. The summed E-state index contributed by atoms with van der Waals surface area (Å²) >= 11 is 0. The van der Waals surface area contributed by atoms with Gasteiger partial charge in [0.05, 0.1) is 5.56 Å². The largest absolute Gasteiger partial charge is 0.507 e. The van der Waals surface area contributed by atoms with E-state index in [1.807, 2.05) is 29.2 Å². The highest BCUT2D eigenvalue weighted by Crippen LogP contribution is 2.27. The van der Waals surface area contributed by atoms with Crippen LogP contribution in [0, 0.1) is 0 Å². The Morgan fingerprint density at radius 2 is 1.88 bits per heavy atom. The molecule has 2 aromatic rings. The molecule has 0 bridgehead atoms. The lowest BCUT2D eigenvalue weighted by molar-refractivity contribution is 0.0571. The molecule has 0 aromatic heterocycles. The summed E-state index contributed by atoms with van der Waals surface area (Å²) in [6.07, 6.45) is 4.28. The summed E-state index contributed by atoms with van der Waals surface area (Å²) < 4.78 is 0. The first-order chi connectivity index (χ1) is 12.2. The third kappa shape index (κ3) is 4.20. The van der Waals surface area contributed by atoms with Gasteiger partial charge in [0.1, 0.15) is 5.75 Å². The van der Waals surface area contributed by atoms with Crippen molar-refractivity contribution in [1.29, 1.82) is 0 Å². The average molecular weight is 339 g/mol. The highest BCUT2D eigenvalue weighted by molar-refractivity contribution is 5.97. The van der Waals surface area contributed by atoms with Gasteiger partial charge in [-0.1, -0.05) is 36.4 Å². The molecule has 25 heavy (non-hydrogen) atoms. The second kappa shape index (κ2) is 8.17. The number of hydrogen-bond donors (Lipinski definition) is 2. The summed E-state index contributed by atoms with van der Waals surface area (Å²) in [5.41, 5.74) is 2.53. The van der Waals surface area contributed by atoms with Crippen molar-refractivity contribution in [3.63, 3.8) is 0 Å². The van der Waals surface area contributed by atoms with Crippen molar-refractivity contribution < 1.29 is 15.0 Å². The number of aliphatic hydroxyl groups is 1. The number of phenols is 1. The van der Waals surface area contributed by atoms with Crippen molar-refractivity contribution in [2.45, 2.75) is 38.1 Å². The van der Waals surface area contributed by atoms with E-state index in [1.165, 1.54) is 5.56 Å². The number of piperidine rings is 1. The summed E-state index contributed by atoms with van der Waals surface area (Å²) in [7, 11) is 0. The van der Waals surface area contributed by atoms with Crippen molar-refractivity contribution in [3.8, 4) is 5.75 Å². The molecule has 1 heterocycles. The number of carbonyl (C=O) groups is 1. The Morgan fingerprint density at radius 3 is 2.64 bits per heavy atom. The number of nitrogens with zero attached hydrogens (tertiary/aromatic N) is 1. The minimum atomic E-state index is -0.134. The maximum Gasteiger partial charge on any atom is 0.257 e. The number of carbonyl (C=O) groups excluding carboxylic acids is 1. The van der Waals surface area contributed by atoms with Gasteiger partial charge in [0.15, 0.2) is 0 Å². The number of aliphatic hydroxyl groups excluding tert-OH is 1. The third-order valence-corrected chi connectivity index (χ3v) is 4.89.